The number of likely N-dealkylation sites (N-methyl/N-ethyl adjacent to an activating group) is 1. The second-order valence-electron chi connectivity index (χ2n) is 6.48. The fourth-order valence-electron chi connectivity index (χ4n) is 2.01. The van der Waals surface area contributed by atoms with Crippen molar-refractivity contribution in [2.75, 3.05) is 40.3 Å². The highest BCUT2D eigenvalue weighted by atomic mass is 127. The molecule has 0 aromatic carbocycles. The first-order valence-corrected chi connectivity index (χ1v) is 7.69. The molecule has 1 amide bonds. The molecular weight excluding hydrogens is 395 g/mol. The van der Waals surface area contributed by atoms with Crippen molar-refractivity contribution in [3.05, 3.63) is 0 Å². The minimum absolute atomic E-state index is 0. The van der Waals surface area contributed by atoms with Gasteiger partial charge in [-0.25, -0.2) is 4.99 Å². The van der Waals surface area contributed by atoms with Crippen LogP contribution in [0, 0.1) is 5.92 Å². The van der Waals surface area contributed by atoms with Crippen LogP contribution >= 0.6 is 24.0 Å². The van der Waals surface area contributed by atoms with Crippen LogP contribution in [0.5, 0.6) is 0 Å². The molecule has 6 nitrogen and oxygen atoms in total. The molecule has 0 saturated carbocycles. The molecule has 1 fully saturated rings. The van der Waals surface area contributed by atoms with Gasteiger partial charge in [-0.1, -0.05) is 13.8 Å². The SMILES string of the molecule is CC(C)CNC(=NCC(=O)N(C)C)NCC1(C)CCCO1.I. The van der Waals surface area contributed by atoms with Gasteiger partial charge in [0.1, 0.15) is 6.54 Å². The maximum absolute atomic E-state index is 11.6. The molecule has 7 heteroatoms. The van der Waals surface area contributed by atoms with E-state index in [0.717, 1.165) is 26.0 Å². The van der Waals surface area contributed by atoms with Gasteiger partial charge in [0, 0.05) is 33.8 Å². The van der Waals surface area contributed by atoms with Crippen LogP contribution in [0.25, 0.3) is 0 Å². The highest BCUT2D eigenvalue weighted by Gasteiger charge is 2.29. The fraction of sp³-hybridized carbons (Fsp3) is 0.867. The molecule has 1 heterocycles. The standard InChI is InChI=1S/C15H30N4O2.HI/c1-12(2)9-16-14(17-10-13(20)19(4)5)18-11-15(3)7-6-8-21-15;/h12H,6-11H2,1-5H3,(H2,16,17,18);1H. The first kappa shape index (κ1) is 21.4. The van der Waals surface area contributed by atoms with Crippen molar-refractivity contribution in [2.24, 2.45) is 10.9 Å². The molecule has 130 valence electrons. The summed E-state index contributed by atoms with van der Waals surface area (Å²) in [6, 6.07) is 0. The number of hydrogen-bond donors (Lipinski definition) is 2. The van der Waals surface area contributed by atoms with E-state index in [9.17, 15) is 4.79 Å². The molecule has 1 rings (SSSR count). The van der Waals surface area contributed by atoms with Crippen LogP contribution in [0.4, 0.5) is 0 Å². The van der Waals surface area contributed by atoms with Crippen molar-refractivity contribution in [1.82, 2.24) is 15.5 Å². The molecule has 0 aromatic heterocycles. The monoisotopic (exact) mass is 426 g/mol. The van der Waals surface area contributed by atoms with E-state index in [1.807, 2.05) is 0 Å². The third-order valence-electron chi connectivity index (χ3n) is 3.48. The van der Waals surface area contributed by atoms with Gasteiger partial charge >= 0.3 is 0 Å². The van der Waals surface area contributed by atoms with E-state index in [1.54, 1.807) is 19.0 Å². The minimum atomic E-state index is -0.133. The number of nitrogens with zero attached hydrogens (tertiary/aromatic N) is 2. The van der Waals surface area contributed by atoms with Gasteiger partial charge in [-0.3, -0.25) is 4.79 Å². The summed E-state index contributed by atoms with van der Waals surface area (Å²) in [5.74, 6) is 1.18. The summed E-state index contributed by atoms with van der Waals surface area (Å²) in [6.45, 7) is 8.87. The lowest BCUT2D eigenvalue weighted by Gasteiger charge is -2.25. The first-order chi connectivity index (χ1) is 9.82. The van der Waals surface area contributed by atoms with Crippen LogP contribution in [0.3, 0.4) is 0 Å². The van der Waals surface area contributed by atoms with Crippen molar-refractivity contribution in [1.29, 1.82) is 0 Å². The Kier molecular flexibility index (Phi) is 9.99. The highest BCUT2D eigenvalue weighted by Crippen LogP contribution is 2.23. The number of aliphatic imine (C=N–C) groups is 1. The number of halogens is 1. The molecule has 0 aliphatic carbocycles. The number of hydrogen-bond acceptors (Lipinski definition) is 3. The van der Waals surface area contributed by atoms with Crippen molar-refractivity contribution < 1.29 is 9.53 Å². The maximum atomic E-state index is 11.6. The van der Waals surface area contributed by atoms with Gasteiger partial charge in [0.2, 0.25) is 5.91 Å². The van der Waals surface area contributed by atoms with E-state index >= 15 is 0 Å². The van der Waals surface area contributed by atoms with Crippen LogP contribution in [0.1, 0.15) is 33.6 Å². The van der Waals surface area contributed by atoms with E-state index in [2.05, 4.69) is 36.4 Å². The Hall–Kier alpha value is -0.570. The number of carbonyl (C=O) groups excluding carboxylic acids is 1. The minimum Gasteiger partial charge on any atom is -0.373 e. The van der Waals surface area contributed by atoms with E-state index in [-0.39, 0.29) is 42.0 Å². The Balaban J connectivity index is 0.00000441. The maximum Gasteiger partial charge on any atom is 0.243 e. The first-order valence-electron chi connectivity index (χ1n) is 7.69. The van der Waals surface area contributed by atoms with Crippen molar-refractivity contribution in [3.63, 3.8) is 0 Å². The van der Waals surface area contributed by atoms with Gasteiger partial charge in [-0.2, -0.15) is 0 Å². The summed E-state index contributed by atoms with van der Waals surface area (Å²) in [5.41, 5.74) is -0.133. The number of amides is 1. The molecule has 1 aliphatic heterocycles. The number of rotatable bonds is 6. The number of ether oxygens (including phenoxy) is 1. The van der Waals surface area contributed by atoms with E-state index in [0.29, 0.717) is 18.4 Å². The van der Waals surface area contributed by atoms with Crippen LogP contribution in [0.15, 0.2) is 4.99 Å². The average molecular weight is 426 g/mol. The van der Waals surface area contributed by atoms with Gasteiger partial charge in [-0.05, 0) is 25.7 Å². The molecule has 1 atom stereocenters. The predicted octanol–water partition coefficient (Wildman–Crippen LogP) is 1.45. The molecule has 1 saturated heterocycles. The molecule has 0 radical (unpaired) electrons. The molecule has 0 aromatic rings. The van der Waals surface area contributed by atoms with Gasteiger partial charge in [0.25, 0.3) is 0 Å². The zero-order valence-corrected chi connectivity index (χ0v) is 16.8. The Morgan fingerprint density at radius 2 is 2.05 bits per heavy atom. The number of carbonyl (C=O) groups is 1. The third-order valence-corrected chi connectivity index (χ3v) is 3.48. The van der Waals surface area contributed by atoms with Gasteiger partial charge < -0.3 is 20.3 Å². The summed E-state index contributed by atoms with van der Waals surface area (Å²) in [7, 11) is 3.47. The van der Waals surface area contributed by atoms with Crippen molar-refractivity contribution in [2.45, 2.75) is 39.2 Å². The molecule has 2 N–H and O–H groups in total. The van der Waals surface area contributed by atoms with Crippen LogP contribution in [-0.2, 0) is 9.53 Å². The Labute approximate surface area is 151 Å². The van der Waals surface area contributed by atoms with Crippen LogP contribution in [-0.4, -0.2) is 62.7 Å². The van der Waals surface area contributed by atoms with E-state index < -0.39 is 0 Å². The number of nitrogens with one attached hydrogen (secondary N) is 2. The van der Waals surface area contributed by atoms with E-state index in [4.69, 9.17) is 4.74 Å². The van der Waals surface area contributed by atoms with Gasteiger partial charge in [0.05, 0.1) is 5.60 Å². The summed E-state index contributed by atoms with van der Waals surface area (Å²) in [4.78, 5) is 17.6. The second-order valence-corrected chi connectivity index (χ2v) is 6.48. The summed E-state index contributed by atoms with van der Waals surface area (Å²) in [6.07, 6.45) is 2.15. The Morgan fingerprint density at radius 3 is 2.55 bits per heavy atom. The van der Waals surface area contributed by atoms with Crippen molar-refractivity contribution >= 4 is 35.8 Å². The molecule has 0 bridgehead atoms. The summed E-state index contributed by atoms with van der Waals surface area (Å²) in [5, 5.41) is 6.56. The highest BCUT2D eigenvalue weighted by molar-refractivity contribution is 14.0. The molecule has 22 heavy (non-hydrogen) atoms. The largest absolute Gasteiger partial charge is 0.373 e. The van der Waals surface area contributed by atoms with Crippen molar-refractivity contribution in [3.8, 4) is 0 Å². The second kappa shape index (κ2) is 10.3. The summed E-state index contributed by atoms with van der Waals surface area (Å²) >= 11 is 0. The zero-order chi connectivity index (χ0) is 15.9. The molecule has 1 aliphatic rings. The van der Waals surface area contributed by atoms with E-state index in [1.165, 1.54) is 0 Å². The quantitative estimate of drug-likeness (QED) is 0.384. The van der Waals surface area contributed by atoms with Gasteiger partial charge in [0.15, 0.2) is 5.96 Å². The Bertz CT molecular complexity index is 367. The molecular formula is C15H31IN4O2. The Morgan fingerprint density at radius 1 is 1.36 bits per heavy atom. The zero-order valence-electron chi connectivity index (χ0n) is 14.4. The third kappa shape index (κ3) is 8.17. The summed E-state index contributed by atoms with van der Waals surface area (Å²) < 4.78 is 5.76. The average Bonchev–Trinajstić information content (AvgIpc) is 2.84. The predicted molar refractivity (Wildman–Crippen MR) is 101 cm³/mol. The number of guanidine groups is 1. The smallest absolute Gasteiger partial charge is 0.243 e. The lowest BCUT2D eigenvalue weighted by molar-refractivity contribution is -0.127. The topological polar surface area (TPSA) is 66.0 Å². The lowest BCUT2D eigenvalue weighted by Crippen LogP contribution is -2.46. The van der Waals surface area contributed by atoms with Crippen LogP contribution < -0.4 is 10.6 Å². The molecule has 1 unspecified atom stereocenters. The molecule has 0 spiro atoms. The fourth-order valence-corrected chi connectivity index (χ4v) is 2.01. The lowest BCUT2D eigenvalue weighted by atomic mass is 10.0. The normalized spacial score (nSPS) is 21.5. The van der Waals surface area contributed by atoms with Crippen LogP contribution in [0.2, 0.25) is 0 Å². The van der Waals surface area contributed by atoms with Gasteiger partial charge in [-0.15, -0.1) is 24.0 Å².